The second-order valence-electron chi connectivity index (χ2n) is 8.38. The highest BCUT2D eigenvalue weighted by Crippen LogP contribution is 2.35. The molecule has 0 N–H and O–H groups in total. The van der Waals surface area contributed by atoms with Crippen LogP contribution in [0, 0.1) is 0 Å². The van der Waals surface area contributed by atoms with Gasteiger partial charge >= 0.3 is 0 Å². The molecule has 0 spiro atoms. The molecule has 1 aromatic heterocycles. The number of hydrogen-bond donors (Lipinski definition) is 0. The van der Waals surface area contributed by atoms with Gasteiger partial charge in [-0.2, -0.15) is 0 Å². The maximum atomic E-state index is 12.7. The van der Waals surface area contributed by atoms with Crippen molar-refractivity contribution in [2.45, 2.75) is 18.8 Å². The van der Waals surface area contributed by atoms with Crippen LogP contribution in [-0.2, 0) is 4.79 Å². The molecule has 0 bridgehead atoms. The van der Waals surface area contributed by atoms with E-state index in [0.29, 0.717) is 12.5 Å². The fraction of sp³-hybridized carbons (Fsp3) is 0.458. The number of carbonyl (C=O) groups excluding carboxylic acids is 1. The second-order valence-corrected chi connectivity index (χ2v) is 8.38. The molecule has 31 heavy (non-hydrogen) atoms. The molecule has 0 radical (unpaired) electrons. The van der Waals surface area contributed by atoms with Crippen molar-refractivity contribution >= 4 is 11.9 Å². The van der Waals surface area contributed by atoms with Gasteiger partial charge in [0, 0.05) is 57.5 Å². The van der Waals surface area contributed by atoms with Crippen molar-refractivity contribution < 1.29 is 9.53 Å². The van der Waals surface area contributed by atoms with Crippen LogP contribution in [0.2, 0.25) is 0 Å². The largest absolute Gasteiger partial charge is 0.497 e. The van der Waals surface area contributed by atoms with E-state index >= 15 is 0 Å². The van der Waals surface area contributed by atoms with Crippen LogP contribution < -0.4 is 9.64 Å². The molecule has 1 aliphatic heterocycles. The number of piperidine rings is 1. The molecule has 3 rings (SSSR count). The minimum absolute atomic E-state index is 0.0661. The Bertz CT molecular complexity index is 926. The number of methoxy groups -OCH3 is 1. The van der Waals surface area contributed by atoms with Crippen LogP contribution in [-0.4, -0.2) is 80.6 Å². The van der Waals surface area contributed by atoms with Crippen molar-refractivity contribution in [3.8, 4) is 16.9 Å². The SMILES string of the molecule is COc1cccc(-c2cnc(N(C)C)nc2C2CCCN(C(=O)/C=C/CN(C)C)C2)c1. The van der Waals surface area contributed by atoms with Gasteiger partial charge in [0.2, 0.25) is 11.9 Å². The molecule has 1 amide bonds. The Morgan fingerprint density at radius 3 is 2.81 bits per heavy atom. The summed E-state index contributed by atoms with van der Waals surface area (Å²) in [6, 6.07) is 7.96. The number of nitrogens with zero attached hydrogens (tertiary/aromatic N) is 5. The highest BCUT2D eigenvalue weighted by atomic mass is 16.5. The fourth-order valence-electron chi connectivity index (χ4n) is 3.80. The summed E-state index contributed by atoms with van der Waals surface area (Å²) in [4.78, 5) is 28.1. The zero-order chi connectivity index (χ0) is 22.4. The first-order valence-corrected chi connectivity index (χ1v) is 10.7. The number of amides is 1. The maximum absolute atomic E-state index is 12.7. The maximum Gasteiger partial charge on any atom is 0.246 e. The van der Waals surface area contributed by atoms with Gasteiger partial charge in [-0.1, -0.05) is 18.2 Å². The standard InChI is InChI=1S/C24H33N5O2/c1-27(2)13-8-12-22(30)29-14-7-10-19(17-29)23-21(16-25-24(26-23)28(3)4)18-9-6-11-20(15-18)31-5/h6,8-9,11-12,15-16,19H,7,10,13-14,17H2,1-5H3/b12-8+. The van der Waals surface area contributed by atoms with Crippen molar-refractivity contribution in [3.05, 3.63) is 48.3 Å². The van der Waals surface area contributed by atoms with Crippen LogP contribution in [0.1, 0.15) is 24.5 Å². The Hall–Kier alpha value is -2.93. The lowest BCUT2D eigenvalue weighted by Gasteiger charge is -2.33. The first kappa shape index (κ1) is 22.7. The van der Waals surface area contributed by atoms with Crippen molar-refractivity contribution in [1.82, 2.24) is 19.8 Å². The first-order chi connectivity index (χ1) is 14.9. The molecule has 1 aliphatic rings. The van der Waals surface area contributed by atoms with Crippen LogP contribution in [0.15, 0.2) is 42.6 Å². The predicted octanol–water partition coefficient (Wildman–Crippen LogP) is 3.04. The Morgan fingerprint density at radius 1 is 1.29 bits per heavy atom. The Kier molecular flexibility index (Phi) is 7.63. The number of rotatable bonds is 7. The van der Waals surface area contributed by atoms with Crippen LogP contribution >= 0.6 is 0 Å². The first-order valence-electron chi connectivity index (χ1n) is 10.7. The number of likely N-dealkylation sites (tertiary alicyclic amines) is 1. The zero-order valence-electron chi connectivity index (χ0n) is 19.2. The van der Waals surface area contributed by atoms with Crippen molar-refractivity contribution in [3.63, 3.8) is 0 Å². The van der Waals surface area contributed by atoms with Gasteiger partial charge in [-0.05, 0) is 44.6 Å². The lowest BCUT2D eigenvalue weighted by molar-refractivity contribution is -0.127. The van der Waals surface area contributed by atoms with E-state index in [4.69, 9.17) is 9.72 Å². The van der Waals surface area contributed by atoms with E-state index in [1.807, 2.05) is 73.4 Å². The molecule has 2 aromatic rings. The number of aromatic nitrogens is 2. The summed E-state index contributed by atoms with van der Waals surface area (Å²) in [5.41, 5.74) is 3.00. The molecule has 0 aliphatic carbocycles. The average Bonchev–Trinajstić information content (AvgIpc) is 2.78. The number of likely N-dealkylation sites (N-methyl/N-ethyl adjacent to an activating group) is 1. The Labute approximate surface area is 185 Å². The molecule has 7 heteroatoms. The third-order valence-electron chi connectivity index (χ3n) is 5.44. The summed E-state index contributed by atoms with van der Waals surface area (Å²) in [7, 11) is 9.53. The molecule has 1 aromatic carbocycles. The summed E-state index contributed by atoms with van der Waals surface area (Å²) < 4.78 is 5.41. The van der Waals surface area contributed by atoms with Crippen molar-refractivity contribution in [2.24, 2.45) is 0 Å². The van der Waals surface area contributed by atoms with E-state index in [1.54, 1.807) is 13.2 Å². The van der Waals surface area contributed by atoms with Crippen molar-refractivity contribution in [2.75, 3.05) is 59.8 Å². The highest BCUT2D eigenvalue weighted by molar-refractivity contribution is 5.87. The van der Waals surface area contributed by atoms with E-state index in [0.717, 1.165) is 48.5 Å². The predicted molar refractivity (Wildman–Crippen MR) is 125 cm³/mol. The molecule has 1 unspecified atom stereocenters. The lowest BCUT2D eigenvalue weighted by atomic mass is 9.89. The van der Waals surface area contributed by atoms with Gasteiger partial charge in [-0.3, -0.25) is 4.79 Å². The molecule has 0 saturated carbocycles. The number of benzene rings is 1. The van der Waals surface area contributed by atoms with Crippen LogP contribution in [0.5, 0.6) is 5.75 Å². The van der Waals surface area contributed by atoms with E-state index in [-0.39, 0.29) is 11.8 Å². The minimum atomic E-state index is 0.0661. The smallest absolute Gasteiger partial charge is 0.246 e. The highest BCUT2D eigenvalue weighted by Gasteiger charge is 2.27. The third kappa shape index (κ3) is 5.82. The minimum Gasteiger partial charge on any atom is -0.497 e. The number of carbonyl (C=O) groups is 1. The van der Waals surface area contributed by atoms with Crippen LogP contribution in [0.3, 0.4) is 0 Å². The van der Waals surface area contributed by atoms with Gasteiger partial charge < -0.3 is 19.4 Å². The van der Waals surface area contributed by atoms with E-state index in [1.165, 1.54) is 0 Å². The van der Waals surface area contributed by atoms with Gasteiger partial charge in [-0.15, -0.1) is 0 Å². The molecule has 2 heterocycles. The summed E-state index contributed by atoms with van der Waals surface area (Å²) in [5.74, 6) is 1.70. The molecule has 1 saturated heterocycles. The molecule has 166 valence electrons. The zero-order valence-corrected chi connectivity index (χ0v) is 19.2. The van der Waals surface area contributed by atoms with E-state index in [2.05, 4.69) is 11.1 Å². The quantitative estimate of drug-likeness (QED) is 0.638. The van der Waals surface area contributed by atoms with Crippen molar-refractivity contribution in [1.29, 1.82) is 0 Å². The van der Waals surface area contributed by atoms with Crippen LogP contribution in [0.4, 0.5) is 5.95 Å². The van der Waals surface area contributed by atoms with Gasteiger partial charge in [0.1, 0.15) is 5.75 Å². The summed E-state index contributed by atoms with van der Waals surface area (Å²) >= 11 is 0. The number of ether oxygens (including phenoxy) is 1. The molecular formula is C24H33N5O2. The van der Waals surface area contributed by atoms with Gasteiger partial charge in [0.05, 0.1) is 12.8 Å². The van der Waals surface area contributed by atoms with Gasteiger partial charge in [0.25, 0.3) is 0 Å². The van der Waals surface area contributed by atoms with E-state index < -0.39 is 0 Å². The molecular weight excluding hydrogens is 390 g/mol. The van der Waals surface area contributed by atoms with E-state index in [9.17, 15) is 4.79 Å². The Morgan fingerprint density at radius 2 is 2.10 bits per heavy atom. The summed E-state index contributed by atoms with van der Waals surface area (Å²) in [6.45, 7) is 2.19. The number of hydrogen-bond acceptors (Lipinski definition) is 6. The normalized spacial score (nSPS) is 16.7. The Balaban J connectivity index is 1.91. The topological polar surface area (TPSA) is 61.8 Å². The van der Waals surface area contributed by atoms with Gasteiger partial charge in [0.15, 0.2) is 0 Å². The molecule has 7 nitrogen and oxygen atoms in total. The summed E-state index contributed by atoms with van der Waals surface area (Å²) in [5, 5.41) is 0. The second kappa shape index (κ2) is 10.4. The van der Waals surface area contributed by atoms with Gasteiger partial charge in [-0.25, -0.2) is 9.97 Å². The third-order valence-corrected chi connectivity index (χ3v) is 5.44. The molecule has 1 fully saturated rings. The number of anilines is 1. The van der Waals surface area contributed by atoms with Crippen LogP contribution in [0.25, 0.3) is 11.1 Å². The average molecular weight is 424 g/mol. The monoisotopic (exact) mass is 423 g/mol. The molecule has 1 atom stereocenters. The summed E-state index contributed by atoms with van der Waals surface area (Å²) in [6.07, 6.45) is 7.45. The fourth-order valence-corrected chi connectivity index (χ4v) is 3.80. The lowest BCUT2D eigenvalue weighted by Crippen LogP contribution is -2.38.